The summed E-state index contributed by atoms with van der Waals surface area (Å²) in [7, 11) is 0. The second-order valence-corrected chi connectivity index (χ2v) is 10.9. The van der Waals surface area contributed by atoms with Crippen molar-refractivity contribution in [3.8, 4) is 11.3 Å². The van der Waals surface area contributed by atoms with Crippen molar-refractivity contribution in [3.63, 3.8) is 0 Å². The van der Waals surface area contributed by atoms with Crippen LogP contribution in [0.2, 0.25) is 0 Å². The van der Waals surface area contributed by atoms with Crippen molar-refractivity contribution in [3.05, 3.63) is 52.8 Å². The van der Waals surface area contributed by atoms with Gasteiger partial charge >= 0.3 is 0 Å². The molecule has 0 saturated carbocycles. The lowest BCUT2D eigenvalue weighted by molar-refractivity contribution is 0.0878. The molecule has 0 radical (unpaired) electrons. The molecule has 1 unspecified atom stereocenters. The van der Waals surface area contributed by atoms with E-state index < -0.39 is 0 Å². The number of carbonyl (C=O) groups excluding carboxylic acids is 2. The molecule has 1 aromatic heterocycles. The molecule has 1 atom stereocenters. The molecule has 8 nitrogen and oxygen atoms in total. The van der Waals surface area contributed by atoms with E-state index in [4.69, 9.17) is 9.94 Å². The van der Waals surface area contributed by atoms with E-state index in [1.807, 2.05) is 6.07 Å². The summed E-state index contributed by atoms with van der Waals surface area (Å²) < 4.78 is 14.4. The minimum atomic E-state index is -0.389. The molecule has 2 N–H and O–H groups in total. The van der Waals surface area contributed by atoms with Crippen LogP contribution in [0.25, 0.3) is 22.2 Å². The number of hydrogen-bond donors (Lipinski definition) is 2. The number of fused-ring (bicyclic) bond motifs is 2. The lowest BCUT2D eigenvalue weighted by Gasteiger charge is -2.34. The van der Waals surface area contributed by atoms with Gasteiger partial charge in [-0.15, -0.1) is 5.10 Å². The fourth-order valence-electron chi connectivity index (χ4n) is 5.92. The standard InChI is InChI=1S/C31H40FN5O3/c1-3-4-5-6-7-8-9-10-19-40-37-26-20-22(32)11-12-23(26)29(35-37)24-13-14-25-28(31(39)34-30(25)38)27(24)21(2)36-17-15-33-16-18-36/h11-14,20-21,33H,3-10,15-19H2,1-2H3,(H,34,38,39). The number of hydrogen-bond acceptors (Lipinski definition) is 6. The van der Waals surface area contributed by atoms with Crippen molar-refractivity contribution < 1.29 is 18.8 Å². The molecule has 1 fully saturated rings. The first-order valence-corrected chi connectivity index (χ1v) is 14.8. The van der Waals surface area contributed by atoms with Gasteiger partial charge in [0.2, 0.25) is 0 Å². The molecule has 5 rings (SSSR count). The minimum absolute atomic E-state index is 0.136. The molecular formula is C31H40FN5O3. The number of nitrogens with zero attached hydrogens (tertiary/aromatic N) is 3. The summed E-state index contributed by atoms with van der Waals surface area (Å²) in [6, 6.07) is 7.97. The van der Waals surface area contributed by atoms with Crippen LogP contribution in [0.1, 0.15) is 97.5 Å². The zero-order chi connectivity index (χ0) is 28.1. The number of imide groups is 1. The highest BCUT2D eigenvalue weighted by atomic mass is 19.1. The van der Waals surface area contributed by atoms with Gasteiger partial charge in [0, 0.05) is 49.2 Å². The lowest BCUT2D eigenvalue weighted by Crippen LogP contribution is -2.44. The van der Waals surface area contributed by atoms with Crippen molar-refractivity contribution in [1.29, 1.82) is 0 Å². The molecule has 2 amide bonds. The van der Waals surface area contributed by atoms with Gasteiger partial charge in [-0.3, -0.25) is 19.8 Å². The molecule has 2 aliphatic heterocycles. The topological polar surface area (TPSA) is 88.5 Å². The van der Waals surface area contributed by atoms with Crippen molar-refractivity contribution in [2.24, 2.45) is 0 Å². The molecule has 2 aromatic carbocycles. The number of piperazine rings is 1. The number of amides is 2. The van der Waals surface area contributed by atoms with Gasteiger partial charge in [0.1, 0.15) is 23.6 Å². The third-order valence-corrected chi connectivity index (χ3v) is 8.14. The Morgan fingerprint density at radius 2 is 1.65 bits per heavy atom. The van der Waals surface area contributed by atoms with Crippen LogP contribution in [0.3, 0.4) is 0 Å². The van der Waals surface area contributed by atoms with Crippen LogP contribution >= 0.6 is 0 Å². The number of rotatable bonds is 13. The zero-order valence-corrected chi connectivity index (χ0v) is 23.6. The zero-order valence-electron chi connectivity index (χ0n) is 23.6. The van der Waals surface area contributed by atoms with Gasteiger partial charge < -0.3 is 10.2 Å². The van der Waals surface area contributed by atoms with Crippen molar-refractivity contribution in [1.82, 2.24) is 25.5 Å². The number of unbranched alkanes of at least 4 members (excludes halogenated alkanes) is 7. The average Bonchev–Trinajstić information content (AvgIpc) is 3.47. The third-order valence-electron chi connectivity index (χ3n) is 8.14. The number of aromatic nitrogens is 2. The average molecular weight is 550 g/mol. The van der Waals surface area contributed by atoms with Crippen LogP contribution < -0.4 is 15.5 Å². The van der Waals surface area contributed by atoms with E-state index in [0.29, 0.717) is 28.9 Å². The summed E-state index contributed by atoms with van der Waals surface area (Å²) in [5.74, 6) is -1.14. The van der Waals surface area contributed by atoms with E-state index in [1.165, 1.54) is 55.5 Å². The highest BCUT2D eigenvalue weighted by molar-refractivity contribution is 6.23. The first-order valence-electron chi connectivity index (χ1n) is 14.8. The van der Waals surface area contributed by atoms with Gasteiger partial charge in [0.15, 0.2) is 0 Å². The monoisotopic (exact) mass is 549 g/mol. The normalized spacial score (nSPS) is 16.4. The van der Waals surface area contributed by atoms with E-state index >= 15 is 0 Å². The number of halogens is 1. The molecule has 0 aliphatic carbocycles. The van der Waals surface area contributed by atoms with Crippen LogP contribution in [0.15, 0.2) is 30.3 Å². The molecule has 0 bridgehead atoms. The van der Waals surface area contributed by atoms with Crippen LogP contribution in [0.5, 0.6) is 0 Å². The molecule has 214 valence electrons. The van der Waals surface area contributed by atoms with Crippen LogP contribution in [0.4, 0.5) is 4.39 Å². The third kappa shape index (κ3) is 5.90. The number of benzene rings is 2. The summed E-state index contributed by atoms with van der Waals surface area (Å²) in [5.41, 5.74) is 3.45. The largest absolute Gasteiger partial charge is 0.396 e. The first-order chi connectivity index (χ1) is 19.5. The highest BCUT2D eigenvalue weighted by Crippen LogP contribution is 2.39. The summed E-state index contributed by atoms with van der Waals surface area (Å²) in [5, 5.41) is 11.4. The van der Waals surface area contributed by atoms with Gasteiger partial charge in [-0.2, -0.15) is 0 Å². The van der Waals surface area contributed by atoms with Gasteiger partial charge in [-0.25, -0.2) is 4.39 Å². The van der Waals surface area contributed by atoms with E-state index in [1.54, 1.807) is 12.1 Å². The fourth-order valence-corrected chi connectivity index (χ4v) is 5.92. The van der Waals surface area contributed by atoms with Crippen molar-refractivity contribution >= 4 is 22.7 Å². The maximum Gasteiger partial charge on any atom is 0.259 e. The first kappa shape index (κ1) is 28.2. The van der Waals surface area contributed by atoms with Crippen molar-refractivity contribution in [2.75, 3.05) is 32.8 Å². The molecule has 0 spiro atoms. The number of carbonyl (C=O) groups is 2. The Balaban J connectivity index is 1.45. The molecule has 1 saturated heterocycles. The van der Waals surface area contributed by atoms with E-state index in [2.05, 4.69) is 29.4 Å². The van der Waals surface area contributed by atoms with Gasteiger partial charge in [0.25, 0.3) is 11.8 Å². The SMILES string of the molecule is CCCCCCCCCCOn1nc(-c2ccc3c(c2C(C)N2CCNCC2)C(=O)NC3=O)c2ccc(F)cc21. The van der Waals surface area contributed by atoms with Crippen LogP contribution in [0, 0.1) is 5.82 Å². The maximum atomic E-state index is 14.4. The molecule has 3 aromatic rings. The van der Waals surface area contributed by atoms with Crippen LogP contribution in [-0.4, -0.2) is 59.4 Å². The summed E-state index contributed by atoms with van der Waals surface area (Å²) >= 11 is 0. The Hall–Kier alpha value is -3.30. The Labute approximate surface area is 235 Å². The van der Waals surface area contributed by atoms with E-state index in [-0.39, 0.29) is 23.7 Å². The molecular weight excluding hydrogens is 509 g/mol. The Morgan fingerprint density at radius 3 is 2.40 bits per heavy atom. The minimum Gasteiger partial charge on any atom is -0.396 e. The van der Waals surface area contributed by atoms with Gasteiger partial charge in [0.05, 0.1) is 11.1 Å². The quantitative estimate of drug-likeness (QED) is 0.223. The Kier molecular flexibility index (Phi) is 9.11. The second kappa shape index (κ2) is 12.9. The van der Waals surface area contributed by atoms with Gasteiger partial charge in [-0.1, -0.05) is 56.4 Å². The molecule has 40 heavy (non-hydrogen) atoms. The summed E-state index contributed by atoms with van der Waals surface area (Å²) in [4.78, 5) is 35.4. The van der Waals surface area contributed by atoms with Crippen LogP contribution in [-0.2, 0) is 0 Å². The summed E-state index contributed by atoms with van der Waals surface area (Å²) in [6.07, 6.45) is 9.52. The van der Waals surface area contributed by atoms with Gasteiger partial charge in [-0.05, 0) is 43.5 Å². The van der Waals surface area contributed by atoms with E-state index in [9.17, 15) is 14.0 Å². The summed E-state index contributed by atoms with van der Waals surface area (Å²) in [6.45, 7) is 8.12. The Morgan fingerprint density at radius 1 is 0.950 bits per heavy atom. The predicted octanol–water partition coefficient (Wildman–Crippen LogP) is 5.26. The van der Waals surface area contributed by atoms with E-state index in [0.717, 1.165) is 55.5 Å². The Bertz CT molecular complexity index is 1360. The molecule has 9 heteroatoms. The predicted molar refractivity (Wildman–Crippen MR) is 154 cm³/mol. The molecule has 3 heterocycles. The molecule has 2 aliphatic rings. The fraction of sp³-hybridized carbons (Fsp3) is 0.516. The highest BCUT2D eigenvalue weighted by Gasteiger charge is 2.35. The lowest BCUT2D eigenvalue weighted by atomic mass is 9.89. The number of nitrogens with one attached hydrogen (secondary N) is 2. The smallest absolute Gasteiger partial charge is 0.259 e. The maximum absolute atomic E-state index is 14.4. The second-order valence-electron chi connectivity index (χ2n) is 10.9. The van der Waals surface area contributed by atoms with Crippen molar-refractivity contribution in [2.45, 2.75) is 71.3 Å².